The van der Waals surface area contributed by atoms with Gasteiger partial charge in [-0.15, -0.1) is 0 Å². The van der Waals surface area contributed by atoms with Crippen LogP contribution in [-0.4, -0.2) is 40.8 Å². The van der Waals surface area contributed by atoms with E-state index in [1.807, 2.05) is 59.3 Å². The maximum absolute atomic E-state index is 12.7. The second-order valence-corrected chi connectivity index (χ2v) is 11.4. The highest BCUT2D eigenvalue weighted by atomic mass is 35.5. The van der Waals surface area contributed by atoms with Gasteiger partial charge in [0.25, 0.3) is 0 Å². The van der Waals surface area contributed by atoms with Crippen LogP contribution >= 0.6 is 23.8 Å². The molecule has 0 saturated carbocycles. The maximum Gasteiger partial charge on any atom is 0.339 e. The Labute approximate surface area is 250 Å². The highest BCUT2D eigenvalue weighted by Crippen LogP contribution is 2.44. The summed E-state index contributed by atoms with van der Waals surface area (Å²) in [5.74, 6) is 0.343. The van der Waals surface area contributed by atoms with Crippen LogP contribution in [0.2, 0.25) is 5.02 Å². The third-order valence-corrected chi connectivity index (χ3v) is 8.70. The van der Waals surface area contributed by atoms with Crippen molar-refractivity contribution in [2.24, 2.45) is 5.92 Å². The van der Waals surface area contributed by atoms with Gasteiger partial charge in [-0.05, 0) is 85.6 Å². The molecule has 2 fully saturated rings. The minimum atomic E-state index is -0.395. The van der Waals surface area contributed by atoms with E-state index in [4.69, 9.17) is 28.6 Å². The molecule has 2 aromatic heterocycles. The Bertz CT molecular complexity index is 1570. The number of benzene rings is 2. The van der Waals surface area contributed by atoms with Crippen molar-refractivity contribution < 1.29 is 9.53 Å². The maximum atomic E-state index is 12.7. The molecule has 0 bridgehead atoms. The number of carbonyl (C=O) groups is 1. The summed E-state index contributed by atoms with van der Waals surface area (Å²) in [4.78, 5) is 21.9. The van der Waals surface area contributed by atoms with Crippen molar-refractivity contribution >= 4 is 46.3 Å². The first kappa shape index (κ1) is 27.3. The van der Waals surface area contributed by atoms with Gasteiger partial charge in [-0.2, -0.15) is 0 Å². The summed E-state index contributed by atoms with van der Waals surface area (Å²) in [6, 6.07) is 23.0. The fourth-order valence-corrected chi connectivity index (χ4v) is 6.55. The van der Waals surface area contributed by atoms with E-state index < -0.39 is 5.97 Å². The molecule has 210 valence electrons. The van der Waals surface area contributed by atoms with Crippen LogP contribution in [0.15, 0.2) is 85.2 Å². The highest BCUT2D eigenvalue weighted by molar-refractivity contribution is 7.80. The van der Waals surface area contributed by atoms with Crippen LogP contribution in [0.25, 0.3) is 5.69 Å². The van der Waals surface area contributed by atoms with Gasteiger partial charge in [0.15, 0.2) is 5.11 Å². The van der Waals surface area contributed by atoms with E-state index in [9.17, 15) is 4.79 Å². The number of carbonyl (C=O) groups excluding carboxylic acids is 1. The average Bonchev–Trinajstić information content (AvgIpc) is 3.62. The van der Waals surface area contributed by atoms with E-state index in [-0.39, 0.29) is 12.1 Å². The minimum Gasteiger partial charge on any atom is -0.465 e. The van der Waals surface area contributed by atoms with Gasteiger partial charge in [0.05, 0.1) is 40.8 Å². The molecule has 2 aromatic carbocycles. The Morgan fingerprint density at radius 1 is 1.02 bits per heavy atom. The van der Waals surface area contributed by atoms with Crippen LogP contribution in [0.4, 0.5) is 11.4 Å². The van der Waals surface area contributed by atoms with Gasteiger partial charge in [0.2, 0.25) is 0 Å². The Hall–Kier alpha value is -3.88. The third kappa shape index (κ3) is 5.18. The first-order valence-electron chi connectivity index (χ1n) is 13.9. The van der Waals surface area contributed by atoms with Gasteiger partial charge in [0, 0.05) is 36.9 Å². The third-order valence-electron chi connectivity index (χ3n) is 8.08. The molecule has 2 aliphatic rings. The Balaban J connectivity index is 1.45. The summed E-state index contributed by atoms with van der Waals surface area (Å²) < 4.78 is 7.12. The highest BCUT2D eigenvalue weighted by Gasteiger charge is 2.42. The lowest BCUT2D eigenvalue weighted by molar-refractivity contribution is 0.0600. The predicted molar refractivity (Wildman–Crippen MR) is 167 cm³/mol. The van der Waals surface area contributed by atoms with Crippen LogP contribution < -0.4 is 15.1 Å². The van der Waals surface area contributed by atoms with Crippen molar-refractivity contribution in [3.63, 3.8) is 0 Å². The first-order chi connectivity index (χ1) is 20.0. The van der Waals surface area contributed by atoms with Crippen molar-refractivity contribution in [2.45, 2.75) is 31.8 Å². The quantitative estimate of drug-likeness (QED) is 0.199. The van der Waals surface area contributed by atoms with Crippen LogP contribution in [0, 0.1) is 5.92 Å². The SMILES string of the molecule is COC(=O)c1ccccc1-n1cccc1[C@H]1[C@H](c2ccccn2)NC(=S)N1c1ccc(N2CCC(C)CC2)c(Cl)c1. The predicted octanol–water partition coefficient (Wildman–Crippen LogP) is 6.73. The molecule has 2 saturated heterocycles. The number of aromatic nitrogens is 2. The minimum absolute atomic E-state index is 0.246. The molecule has 0 spiro atoms. The number of pyridine rings is 1. The molecular formula is C32H32ClN5O2S. The van der Waals surface area contributed by atoms with Crippen LogP contribution in [-0.2, 0) is 4.74 Å². The number of hydrogen-bond donors (Lipinski definition) is 1. The summed E-state index contributed by atoms with van der Waals surface area (Å²) in [5, 5.41) is 4.80. The van der Waals surface area contributed by atoms with Gasteiger partial charge in [-0.3, -0.25) is 4.98 Å². The number of hydrogen-bond acceptors (Lipinski definition) is 5. The normalized spacial score (nSPS) is 19.3. The molecule has 2 aliphatic heterocycles. The van der Waals surface area contributed by atoms with E-state index in [0.717, 1.165) is 60.3 Å². The smallest absolute Gasteiger partial charge is 0.339 e. The van der Waals surface area contributed by atoms with Gasteiger partial charge < -0.3 is 24.4 Å². The number of para-hydroxylation sites is 1. The molecule has 4 heterocycles. The number of nitrogens with one attached hydrogen (secondary N) is 1. The number of rotatable bonds is 6. The molecule has 0 aliphatic carbocycles. The number of esters is 1. The van der Waals surface area contributed by atoms with Crippen LogP contribution in [0.5, 0.6) is 0 Å². The molecule has 6 rings (SSSR count). The van der Waals surface area contributed by atoms with Crippen molar-refractivity contribution in [3.05, 3.63) is 107 Å². The van der Waals surface area contributed by atoms with Crippen LogP contribution in [0.1, 0.15) is 53.6 Å². The summed E-state index contributed by atoms with van der Waals surface area (Å²) in [5.41, 5.74) is 4.94. The van der Waals surface area contributed by atoms with Gasteiger partial charge in [-0.25, -0.2) is 4.79 Å². The monoisotopic (exact) mass is 585 g/mol. The van der Waals surface area contributed by atoms with Crippen molar-refractivity contribution in [3.8, 4) is 5.69 Å². The summed E-state index contributed by atoms with van der Waals surface area (Å²) in [7, 11) is 1.39. The number of anilines is 2. The number of methoxy groups -OCH3 is 1. The van der Waals surface area contributed by atoms with E-state index >= 15 is 0 Å². The molecule has 4 aromatic rings. The zero-order valence-electron chi connectivity index (χ0n) is 23.0. The van der Waals surface area contributed by atoms with Gasteiger partial charge in [-0.1, -0.05) is 36.7 Å². The van der Waals surface area contributed by atoms with E-state index in [1.54, 1.807) is 12.3 Å². The Kier molecular flexibility index (Phi) is 7.69. The summed E-state index contributed by atoms with van der Waals surface area (Å²) in [6.45, 7) is 4.31. The molecule has 2 atom stereocenters. The molecule has 1 N–H and O–H groups in total. The number of ether oxygens (including phenoxy) is 1. The molecule has 0 amide bonds. The molecule has 0 unspecified atom stereocenters. The second kappa shape index (κ2) is 11.5. The zero-order valence-corrected chi connectivity index (χ0v) is 24.6. The second-order valence-electron chi connectivity index (χ2n) is 10.6. The van der Waals surface area contributed by atoms with Crippen LogP contribution in [0.3, 0.4) is 0 Å². The topological polar surface area (TPSA) is 62.6 Å². The fourth-order valence-electron chi connectivity index (χ4n) is 5.91. The average molecular weight is 586 g/mol. The van der Waals surface area contributed by atoms with Gasteiger partial charge >= 0.3 is 5.97 Å². The van der Waals surface area contributed by atoms with E-state index in [0.29, 0.717) is 15.7 Å². The van der Waals surface area contributed by atoms with Gasteiger partial charge in [0.1, 0.15) is 6.04 Å². The lowest BCUT2D eigenvalue weighted by Gasteiger charge is -2.33. The largest absolute Gasteiger partial charge is 0.465 e. The number of piperidine rings is 1. The summed E-state index contributed by atoms with van der Waals surface area (Å²) >= 11 is 12.9. The Morgan fingerprint density at radius 3 is 2.54 bits per heavy atom. The standard InChI is InChI=1S/C32H32ClN5O2S/c1-21-14-18-36(19-15-21)27-13-12-22(20-24(27)33)38-30(29(35-32(38)41)25-9-5-6-16-34-25)28-11-7-17-37(28)26-10-4-3-8-23(26)31(39)40-2/h3-13,16-17,20-21,29-30H,14-15,18-19H2,1-2H3,(H,35,41)/t29-,30-/m0/s1. The van der Waals surface area contributed by atoms with Crippen molar-refractivity contribution in [2.75, 3.05) is 30.0 Å². The lowest BCUT2D eigenvalue weighted by atomic mass is 9.98. The lowest BCUT2D eigenvalue weighted by Crippen LogP contribution is -2.33. The van der Waals surface area contributed by atoms with E-state index in [2.05, 4.69) is 45.2 Å². The van der Waals surface area contributed by atoms with E-state index in [1.165, 1.54) is 7.11 Å². The number of halogens is 1. The molecule has 0 radical (unpaired) electrons. The summed E-state index contributed by atoms with van der Waals surface area (Å²) in [6.07, 6.45) is 6.07. The first-order valence-corrected chi connectivity index (χ1v) is 14.6. The van der Waals surface area contributed by atoms with Crippen molar-refractivity contribution in [1.29, 1.82) is 0 Å². The molecule has 7 nitrogen and oxygen atoms in total. The Morgan fingerprint density at radius 2 is 1.80 bits per heavy atom. The molecule has 41 heavy (non-hydrogen) atoms. The fraction of sp³-hybridized carbons (Fsp3) is 0.281. The zero-order chi connectivity index (χ0) is 28.5. The van der Waals surface area contributed by atoms with Crippen molar-refractivity contribution in [1.82, 2.24) is 14.9 Å². The number of thiocarbonyl (C=S) groups is 1. The molecular weight excluding hydrogens is 554 g/mol. The number of nitrogens with zero attached hydrogens (tertiary/aromatic N) is 4. The molecule has 9 heteroatoms.